The molecule has 0 radical (unpaired) electrons. The van der Waals surface area contributed by atoms with Crippen LogP contribution >= 0.6 is 15.9 Å². The summed E-state index contributed by atoms with van der Waals surface area (Å²) >= 11 is 2.79. The second-order valence-corrected chi connectivity index (χ2v) is 4.15. The Labute approximate surface area is 76.1 Å². The smallest absolute Gasteiger partial charge is 0.267 e. The molecule has 0 aromatic carbocycles. The minimum atomic E-state index is -4.77. The van der Waals surface area contributed by atoms with E-state index < -0.39 is 22.0 Å². The van der Waals surface area contributed by atoms with Gasteiger partial charge in [-0.1, -0.05) is 15.9 Å². The van der Waals surface area contributed by atoms with Gasteiger partial charge in [-0.05, 0) is 0 Å². The van der Waals surface area contributed by atoms with Gasteiger partial charge in [-0.25, -0.2) is 13.2 Å². The second kappa shape index (κ2) is 5.03. The van der Waals surface area contributed by atoms with Crippen molar-refractivity contribution in [2.24, 2.45) is 0 Å². The SMILES string of the molecule is O=S(=O)(OCCBr)C(F)C(F)F. The monoisotopic (exact) mass is 270 g/mol. The van der Waals surface area contributed by atoms with E-state index in [1.165, 1.54) is 0 Å². The van der Waals surface area contributed by atoms with Crippen LogP contribution in [0.4, 0.5) is 13.2 Å². The van der Waals surface area contributed by atoms with Crippen LogP contribution in [0.2, 0.25) is 0 Å². The van der Waals surface area contributed by atoms with E-state index >= 15 is 0 Å². The van der Waals surface area contributed by atoms with E-state index in [-0.39, 0.29) is 11.9 Å². The van der Waals surface area contributed by atoms with Crippen molar-refractivity contribution in [3.8, 4) is 0 Å². The minimum Gasteiger partial charge on any atom is -0.267 e. The first-order valence-corrected chi connectivity index (χ1v) is 5.37. The molecule has 0 spiro atoms. The average Bonchev–Trinajstić information content (AvgIpc) is 1.99. The molecule has 0 amide bonds. The Balaban J connectivity index is 4.21. The van der Waals surface area contributed by atoms with E-state index in [2.05, 4.69) is 20.1 Å². The first-order valence-electron chi connectivity index (χ1n) is 2.78. The molecule has 0 fully saturated rings. The Hall–Kier alpha value is 0.180. The Morgan fingerprint density at radius 2 is 1.83 bits per heavy atom. The molecular weight excluding hydrogens is 265 g/mol. The highest BCUT2D eigenvalue weighted by Crippen LogP contribution is 2.14. The van der Waals surface area contributed by atoms with Crippen molar-refractivity contribution in [3.63, 3.8) is 0 Å². The van der Waals surface area contributed by atoms with Crippen LogP contribution in [0.1, 0.15) is 0 Å². The molecule has 74 valence electrons. The van der Waals surface area contributed by atoms with Gasteiger partial charge >= 0.3 is 10.1 Å². The summed E-state index contributed by atoms with van der Waals surface area (Å²) in [5.41, 5.74) is -3.27. The van der Waals surface area contributed by atoms with Crippen molar-refractivity contribution < 1.29 is 25.8 Å². The molecule has 0 aliphatic rings. The fourth-order valence-electron chi connectivity index (χ4n) is 0.339. The van der Waals surface area contributed by atoms with E-state index in [1.54, 1.807) is 0 Å². The molecule has 0 aromatic rings. The molecule has 0 saturated heterocycles. The van der Waals surface area contributed by atoms with Crippen molar-refractivity contribution in [1.82, 2.24) is 0 Å². The summed E-state index contributed by atoms with van der Waals surface area (Å²) in [5, 5.41) is 0.127. The molecular formula is C4H6BrF3O3S. The zero-order valence-electron chi connectivity index (χ0n) is 5.71. The summed E-state index contributed by atoms with van der Waals surface area (Å²) in [7, 11) is -4.77. The maximum atomic E-state index is 12.1. The normalized spacial score (nSPS) is 15.1. The Bertz CT molecular complexity index is 218. The number of halogens is 4. The lowest BCUT2D eigenvalue weighted by Gasteiger charge is -2.07. The predicted molar refractivity (Wildman–Crippen MR) is 39.6 cm³/mol. The van der Waals surface area contributed by atoms with E-state index in [4.69, 9.17) is 0 Å². The third-order valence-corrected chi connectivity index (χ3v) is 2.37. The molecule has 8 heteroatoms. The van der Waals surface area contributed by atoms with Crippen molar-refractivity contribution in [2.75, 3.05) is 11.9 Å². The highest BCUT2D eigenvalue weighted by Gasteiger charge is 2.34. The lowest BCUT2D eigenvalue weighted by molar-refractivity contribution is 0.0831. The third kappa shape index (κ3) is 3.72. The molecule has 0 aliphatic carbocycles. The molecule has 1 atom stereocenters. The van der Waals surface area contributed by atoms with Gasteiger partial charge in [0.25, 0.3) is 11.9 Å². The van der Waals surface area contributed by atoms with E-state index in [0.717, 1.165) is 0 Å². The van der Waals surface area contributed by atoms with Crippen LogP contribution in [0.15, 0.2) is 0 Å². The molecule has 1 unspecified atom stereocenters. The van der Waals surface area contributed by atoms with Crippen LogP contribution in [-0.4, -0.2) is 32.3 Å². The van der Waals surface area contributed by atoms with Gasteiger partial charge < -0.3 is 0 Å². The topological polar surface area (TPSA) is 43.4 Å². The summed E-state index contributed by atoms with van der Waals surface area (Å²) < 4.78 is 59.9. The maximum absolute atomic E-state index is 12.1. The van der Waals surface area contributed by atoms with Crippen molar-refractivity contribution >= 4 is 26.0 Å². The molecule has 12 heavy (non-hydrogen) atoms. The number of rotatable bonds is 5. The molecule has 0 rings (SSSR count). The highest BCUT2D eigenvalue weighted by atomic mass is 79.9. The molecule has 3 nitrogen and oxygen atoms in total. The molecule has 0 bridgehead atoms. The zero-order valence-corrected chi connectivity index (χ0v) is 8.12. The Morgan fingerprint density at radius 3 is 2.17 bits per heavy atom. The summed E-state index contributed by atoms with van der Waals surface area (Å²) in [4.78, 5) is 0. The number of alkyl halides is 4. The number of hydrogen-bond acceptors (Lipinski definition) is 3. The second-order valence-electron chi connectivity index (χ2n) is 1.69. The van der Waals surface area contributed by atoms with Crippen LogP contribution < -0.4 is 0 Å². The summed E-state index contributed by atoms with van der Waals surface area (Å²) in [6.07, 6.45) is -3.58. The predicted octanol–water partition coefficient (Wildman–Crippen LogP) is 1.29. The fourth-order valence-corrected chi connectivity index (χ4v) is 1.41. The third-order valence-electron chi connectivity index (χ3n) is 0.799. The average molecular weight is 271 g/mol. The maximum Gasteiger partial charge on any atom is 0.305 e. The lowest BCUT2D eigenvalue weighted by atomic mass is 10.8. The van der Waals surface area contributed by atoms with Gasteiger partial charge in [-0.15, -0.1) is 0 Å². The Morgan fingerprint density at radius 1 is 1.33 bits per heavy atom. The molecule has 0 aliphatic heterocycles. The van der Waals surface area contributed by atoms with Crippen molar-refractivity contribution in [2.45, 2.75) is 11.9 Å². The van der Waals surface area contributed by atoms with Gasteiger partial charge in [-0.2, -0.15) is 8.42 Å². The summed E-state index contributed by atoms with van der Waals surface area (Å²) in [6, 6.07) is 0. The van der Waals surface area contributed by atoms with Gasteiger partial charge in [0.15, 0.2) is 0 Å². The standard InChI is InChI=1S/C4H6BrF3O3S/c5-1-2-11-12(9,10)4(8)3(6)7/h3-4H,1-2H2. The van der Waals surface area contributed by atoms with Crippen LogP contribution in [0, 0.1) is 0 Å². The molecule has 0 aromatic heterocycles. The summed E-state index contributed by atoms with van der Waals surface area (Å²) in [6.45, 7) is -0.366. The lowest BCUT2D eigenvalue weighted by Crippen LogP contribution is -2.26. The first kappa shape index (κ1) is 12.2. The van der Waals surface area contributed by atoms with Crippen LogP contribution in [0.3, 0.4) is 0 Å². The summed E-state index contributed by atoms with van der Waals surface area (Å²) in [5.74, 6) is 0. The van der Waals surface area contributed by atoms with Crippen LogP contribution in [0.25, 0.3) is 0 Å². The van der Waals surface area contributed by atoms with Crippen molar-refractivity contribution in [3.05, 3.63) is 0 Å². The van der Waals surface area contributed by atoms with Gasteiger partial charge in [-0.3, -0.25) is 4.18 Å². The molecule has 0 heterocycles. The quantitative estimate of drug-likeness (QED) is 0.559. The number of hydrogen-bond donors (Lipinski definition) is 0. The van der Waals surface area contributed by atoms with Gasteiger partial charge in [0.2, 0.25) is 0 Å². The minimum absolute atomic E-state index is 0.127. The fraction of sp³-hybridized carbons (Fsp3) is 1.00. The van der Waals surface area contributed by atoms with Crippen molar-refractivity contribution in [1.29, 1.82) is 0 Å². The Kier molecular flexibility index (Phi) is 5.10. The van der Waals surface area contributed by atoms with Gasteiger partial charge in [0.05, 0.1) is 6.61 Å². The van der Waals surface area contributed by atoms with E-state index in [1.807, 2.05) is 0 Å². The van der Waals surface area contributed by atoms with Gasteiger partial charge in [0.1, 0.15) is 0 Å². The first-order chi connectivity index (χ1) is 5.41. The van der Waals surface area contributed by atoms with Gasteiger partial charge in [0, 0.05) is 5.33 Å². The zero-order chi connectivity index (χ0) is 9.78. The van der Waals surface area contributed by atoms with E-state index in [0.29, 0.717) is 0 Å². The molecule has 0 N–H and O–H groups in total. The molecule has 0 saturated carbocycles. The van der Waals surface area contributed by atoms with Crippen LogP contribution in [-0.2, 0) is 14.3 Å². The van der Waals surface area contributed by atoms with E-state index in [9.17, 15) is 21.6 Å². The van der Waals surface area contributed by atoms with Crippen LogP contribution in [0.5, 0.6) is 0 Å². The highest BCUT2D eigenvalue weighted by molar-refractivity contribution is 9.09. The largest absolute Gasteiger partial charge is 0.305 e.